The van der Waals surface area contributed by atoms with Gasteiger partial charge in [-0.05, 0) is 25.1 Å². The van der Waals surface area contributed by atoms with Gasteiger partial charge in [-0.3, -0.25) is 0 Å². The molecule has 2 rings (SSSR count). The minimum absolute atomic E-state index is 0.0923. The number of benzene rings is 1. The number of ether oxygens (including phenoxy) is 1. The number of aromatic amines is 1. The molecule has 2 N–H and O–H groups in total. The van der Waals surface area contributed by atoms with E-state index in [0.29, 0.717) is 12.0 Å². The molecule has 18 heavy (non-hydrogen) atoms. The Bertz CT molecular complexity index is 501. The summed E-state index contributed by atoms with van der Waals surface area (Å²) in [6.45, 7) is 0. The van der Waals surface area contributed by atoms with E-state index >= 15 is 0 Å². The van der Waals surface area contributed by atoms with Crippen molar-refractivity contribution >= 4 is 0 Å². The first-order chi connectivity index (χ1) is 8.76. The molecule has 0 aliphatic heterocycles. The van der Waals surface area contributed by atoms with Crippen molar-refractivity contribution in [2.24, 2.45) is 0 Å². The molecule has 0 saturated carbocycles. The minimum Gasteiger partial charge on any atom is -0.494 e. The molecule has 0 radical (unpaired) electrons. The summed E-state index contributed by atoms with van der Waals surface area (Å²) < 4.78 is 19.0. The first-order valence-electron chi connectivity index (χ1n) is 5.60. The lowest BCUT2D eigenvalue weighted by molar-refractivity contribution is 0.382. The Kier molecular flexibility index (Phi) is 3.88. The third-order valence-electron chi connectivity index (χ3n) is 2.83. The lowest BCUT2D eigenvalue weighted by atomic mass is 10.0. The van der Waals surface area contributed by atoms with E-state index in [1.54, 1.807) is 31.4 Å². The van der Waals surface area contributed by atoms with E-state index in [-0.39, 0.29) is 17.6 Å². The van der Waals surface area contributed by atoms with Gasteiger partial charge in [-0.2, -0.15) is 15.4 Å². The van der Waals surface area contributed by atoms with Crippen LogP contribution in [0.2, 0.25) is 0 Å². The summed E-state index contributed by atoms with van der Waals surface area (Å²) >= 11 is 0. The van der Waals surface area contributed by atoms with Crippen LogP contribution in [0, 0.1) is 5.82 Å². The fraction of sp³-hybridized carbons (Fsp3) is 0.333. The lowest BCUT2D eigenvalue weighted by Crippen LogP contribution is -2.20. The summed E-state index contributed by atoms with van der Waals surface area (Å²) in [7, 11) is 3.26. The Balaban J connectivity index is 2.22. The molecule has 6 heteroatoms. The zero-order valence-corrected chi connectivity index (χ0v) is 10.3. The van der Waals surface area contributed by atoms with Crippen LogP contribution in [-0.4, -0.2) is 29.6 Å². The van der Waals surface area contributed by atoms with Gasteiger partial charge in [0, 0.05) is 0 Å². The number of nitrogens with zero attached hydrogens (tertiary/aromatic N) is 2. The van der Waals surface area contributed by atoms with E-state index in [2.05, 4.69) is 20.7 Å². The van der Waals surface area contributed by atoms with Crippen molar-refractivity contribution < 1.29 is 9.13 Å². The predicted molar refractivity (Wildman–Crippen MR) is 64.8 cm³/mol. The molecule has 0 saturated heterocycles. The molecule has 0 fully saturated rings. The topological polar surface area (TPSA) is 62.8 Å². The molecular formula is C12H15FN4O. The molecule has 0 aliphatic rings. The van der Waals surface area contributed by atoms with Crippen molar-refractivity contribution in [1.29, 1.82) is 0 Å². The smallest absolute Gasteiger partial charge is 0.168 e. The van der Waals surface area contributed by atoms with E-state index in [1.165, 1.54) is 7.11 Å². The van der Waals surface area contributed by atoms with E-state index in [9.17, 15) is 4.39 Å². The fourth-order valence-corrected chi connectivity index (χ4v) is 1.82. The SMILES string of the molecule is CNC(Cc1cccc(OC)c1F)c1cn[nH]n1. The van der Waals surface area contributed by atoms with Crippen molar-refractivity contribution in [2.45, 2.75) is 12.5 Å². The number of aromatic nitrogens is 3. The molecule has 1 aromatic carbocycles. The minimum atomic E-state index is -0.330. The molecule has 1 aromatic heterocycles. The first-order valence-corrected chi connectivity index (χ1v) is 5.60. The molecule has 2 aromatic rings. The highest BCUT2D eigenvalue weighted by atomic mass is 19.1. The average Bonchev–Trinajstić information content (AvgIpc) is 2.91. The molecule has 5 nitrogen and oxygen atoms in total. The van der Waals surface area contributed by atoms with Crippen LogP contribution >= 0.6 is 0 Å². The summed E-state index contributed by atoms with van der Waals surface area (Å²) in [4.78, 5) is 0. The van der Waals surface area contributed by atoms with Crippen molar-refractivity contribution in [3.63, 3.8) is 0 Å². The highest BCUT2D eigenvalue weighted by molar-refractivity contribution is 5.32. The Morgan fingerprint density at radius 2 is 2.33 bits per heavy atom. The molecule has 0 amide bonds. The lowest BCUT2D eigenvalue weighted by Gasteiger charge is -2.14. The summed E-state index contributed by atoms with van der Waals surface area (Å²) in [5.74, 6) is -0.0775. The standard InChI is InChI=1S/C12H15FN4O/c1-14-9(10-7-15-17-16-10)6-8-4-3-5-11(18-2)12(8)13/h3-5,7,9,14H,6H2,1-2H3,(H,15,16,17). The van der Waals surface area contributed by atoms with Crippen LogP contribution in [0.3, 0.4) is 0 Å². The molecule has 0 spiro atoms. The molecule has 0 aliphatic carbocycles. The quantitative estimate of drug-likeness (QED) is 0.843. The van der Waals surface area contributed by atoms with E-state index < -0.39 is 0 Å². The number of likely N-dealkylation sites (N-methyl/N-ethyl adjacent to an activating group) is 1. The highest BCUT2D eigenvalue weighted by Crippen LogP contribution is 2.24. The fourth-order valence-electron chi connectivity index (χ4n) is 1.82. The van der Waals surface area contributed by atoms with Crippen molar-refractivity contribution in [3.8, 4) is 5.75 Å². The molecule has 1 unspecified atom stereocenters. The number of methoxy groups -OCH3 is 1. The van der Waals surface area contributed by atoms with Gasteiger partial charge >= 0.3 is 0 Å². The van der Waals surface area contributed by atoms with Gasteiger partial charge in [0.15, 0.2) is 11.6 Å². The maximum atomic E-state index is 14.0. The largest absolute Gasteiger partial charge is 0.494 e. The third kappa shape index (κ3) is 2.48. The Morgan fingerprint density at radius 3 is 2.94 bits per heavy atom. The van der Waals surface area contributed by atoms with Gasteiger partial charge in [-0.25, -0.2) is 4.39 Å². The van der Waals surface area contributed by atoms with Crippen LogP contribution in [0.25, 0.3) is 0 Å². The normalized spacial score (nSPS) is 12.4. The zero-order chi connectivity index (χ0) is 13.0. The summed E-state index contributed by atoms with van der Waals surface area (Å²) in [6.07, 6.45) is 2.10. The molecule has 1 heterocycles. The zero-order valence-electron chi connectivity index (χ0n) is 10.3. The molecule has 1 atom stereocenters. The second-order valence-corrected chi connectivity index (χ2v) is 3.87. The van der Waals surface area contributed by atoms with E-state index in [0.717, 1.165) is 5.69 Å². The highest BCUT2D eigenvalue weighted by Gasteiger charge is 2.16. The maximum Gasteiger partial charge on any atom is 0.168 e. The Morgan fingerprint density at radius 1 is 1.50 bits per heavy atom. The monoisotopic (exact) mass is 250 g/mol. The van der Waals surface area contributed by atoms with Gasteiger partial charge in [0.05, 0.1) is 25.0 Å². The van der Waals surface area contributed by atoms with Crippen LogP contribution in [0.1, 0.15) is 17.3 Å². The van der Waals surface area contributed by atoms with Gasteiger partial charge in [0.1, 0.15) is 0 Å². The summed E-state index contributed by atoms with van der Waals surface area (Å²) in [6, 6.07) is 5.02. The van der Waals surface area contributed by atoms with Crippen LogP contribution in [0.4, 0.5) is 4.39 Å². The van der Waals surface area contributed by atoms with Crippen molar-refractivity contribution in [2.75, 3.05) is 14.2 Å². The number of halogens is 1. The van der Waals surface area contributed by atoms with E-state index in [1.807, 2.05) is 0 Å². The van der Waals surface area contributed by atoms with Crippen LogP contribution in [0.5, 0.6) is 5.75 Å². The van der Waals surface area contributed by atoms with Crippen LogP contribution in [-0.2, 0) is 6.42 Å². The van der Waals surface area contributed by atoms with Gasteiger partial charge in [-0.15, -0.1) is 0 Å². The number of hydrogen-bond donors (Lipinski definition) is 2. The van der Waals surface area contributed by atoms with Crippen molar-refractivity contribution in [1.82, 2.24) is 20.7 Å². The molecule has 0 bridgehead atoms. The van der Waals surface area contributed by atoms with Gasteiger partial charge in [0.25, 0.3) is 0 Å². The summed E-state index contributed by atoms with van der Waals surface area (Å²) in [5.41, 5.74) is 1.33. The van der Waals surface area contributed by atoms with Gasteiger partial charge in [0.2, 0.25) is 0 Å². The number of rotatable bonds is 5. The van der Waals surface area contributed by atoms with Gasteiger partial charge in [-0.1, -0.05) is 12.1 Å². The number of hydrogen-bond acceptors (Lipinski definition) is 4. The van der Waals surface area contributed by atoms with E-state index in [4.69, 9.17) is 4.74 Å². The van der Waals surface area contributed by atoms with Crippen LogP contribution < -0.4 is 10.1 Å². The van der Waals surface area contributed by atoms with Gasteiger partial charge < -0.3 is 10.1 Å². The molecular weight excluding hydrogens is 235 g/mol. The van der Waals surface area contributed by atoms with Crippen LogP contribution in [0.15, 0.2) is 24.4 Å². The molecule has 96 valence electrons. The Hall–Kier alpha value is -1.95. The Labute approximate surface area is 104 Å². The second kappa shape index (κ2) is 5.59. The number of H-pyrrole nitrogens is 1. The average molecular weight is 250 g/mol. The third-order valence-corrected chi connectivity index (χ3v) is 2.83. The second-order valence-electron chi connectivity index (χ2n) is 3.87. The maximum absolute atomic E-state index is 14.0. The summed E-state index contributed by atoms with van der Waals surface area (Å²) in [5, 5.41) is 13.4. The number of nitrogens with one attached hydrogen (secondary N) is 2. The van der Waals surface area contributed by atoms with Crippen molar-refractivity contribution in [3.05, 3.63) is 41.5 Å². The first kappa shape index (κ1) is 12.5. The predicted octanol–water partition coefficient (Wildman–Crippen LogP) is 1.46.